The minimum atomic E-state index is -3.95. The summed E-state index contributed by atoms with van der Waals surface area (Å²) in [5, 5.41) is 11.3. The number of rotatable bonds is 2. The normalized spacial score (nSPS) is 32.5. The molecule has 2 heterocycles. The van der Waals surface area contributed by atoms with E-state index in [4.69, 9.17) is 16.3 Å². The van der Waals surface area contributed by atoms with Crippen LogP contribution in [0.5, 0.6) is 5.75 Å². The number of aliphatic hydroxyl groups is 1. The van der Waals surface area contributed by atoms with Gasteiger partial charge in [-0.25, -0.2) is 13.1 Å². The molecule has 0 radical (unpaired) electrons. The second-order valence-corrected chi connectivity index (χ2v) is 16.5. The van der Waals surface area contributed by atoms with E-state index in [2.05, 4.69) is 21.8 Å². The molecule has 1 saturated carbocycles. The largest absolute Gasteiger partial charge is 0.490 e. The molecule has 0 aromatic heterocycles. The number of fused-ring (bicyclic) bond motifs is 4. The Bertz CT molecular complexity index is 1540. The Labute approximate surface area is 267 Å². The van der Waals surface area contributed by atoms with E-state index < -0.39 is 27.3 Å². The second-order valence-electron chi connectivity index (χ2n) is 14.1. The van der Waals surface area contributed by atoms with Gasteiger partial charge in [0.25, 0.3) is 5.91 Å². The van der Waals surface area contributed by atoms with E-state index in [1.165, 1.54) is 11.1 Å². The Morgan fingerprint density at radius 1 is 1.16 bits per heavy atom. The Morgan fingerprint density at radius 3 is 2.73 bits per heavy atom. The van der Waals surface area contributed by atoms with Crippen molar-refractivity contribution < 1.29 is 23.1 Å². The van der Waals surface area contributed by atoms with Crippen molar-refractivity contribution in [1.82, 2.24) is 4.72 Å². The van der Waals surface area contributed by atoms with Crippen LogP contribution in [0.2, 0.25) is 5.02 Å². The highest BCUT2D eigenvalue weighted by atomic mass is 35.5. The van der Waals surface area contributed by atoms with Crippen molar-refractivity contribution in [3.8, 4) is 5.75 Å². The van der Waals surface area contributed by atoms with E-state index in [1.54, 1.807) is 18.2 Å². The molecule has 6 atom stereocenters. The number of hydrogen-bond donors (Lipinski definition) is 2. The lowest BCUT2D eigenvalue weighted by Gasteiger charge is -2.45. The van der Waals surface area contributed by atoms with Crippen LogP contribution in [0.25, 0.3) is 0 Å². The molecular formula is C35H45ClN2O5S. The van der Waals surface area contributed by atoms with Gasteiger partial charge in [-0.2, -0.15) is 0 Å². The molecule has 2 aliphatic heterocycles. The maximum absolute atomic E-state index is 13.6. The van der Waals surface area contributed by atoms with Crippen LogP contribution in [0, 0.1) is 23.7 Å². The van der Waals surface area contributed by atoms with Gasteiger partial charge in [-0.15, -0.1) is 0 Å². The topological polar surface area (TPSA) is 95.9 Å². The zero-order valence-corrected chi connectivity index (χ0v) is 27.5. The summed E-state index contributed by atoms with van der Waals surface area (Å²) in [7, 11) is -3.95. The average molecular weight is 641 g/mol. The third-order valence-corrected chi connectivity index (χ3v) is 12.3. The summed E-state index contributed by atoms with van der Waals surface area (Å²) in [4.78, 5) is 15.9. The minimum absolute atomic E-state index is 0.0696. The van der Waals surface area contributed by atoms with Crippen LogP contribution >= 0.6 is 11.6 Å². The van der Waals surface area contributed by atoms with Crippen molar-refractivity contribution in [2.24, 2.45) is 23.7 Å². The maximum Gasteiger partial charge on any atom is 0.264 e. The third kappa shape index (κ3) is 6.27. The predicted octanol–water partition coefficient (Wildman–Crippen LogP) is 6.27. The summed E-state index contributed by atoms with van der Waals surface area (Å²) >= 11 is 6.40. The smallest absolute Gasteiger partial charge is 0.264 e. The fraction of sp³-hybridized carbons (Fsp3) is 0.571. The molecule has 2 aliphatic carbocycles. The molecule has 6 rings (SSSR count). The molecule has 9 heteroatoms. The first kappa shape index (κ1) is 31.4. The van der Waals surface area contributed by atoms with Gasteiger partial charge in [-0.3, -0.25) is 4.79 Å². The van der Waals surface area contributed by atoms with Crippen LogP contribution in [-0.2, 0) is 21.9 Å². The number of aryl methyl sites for hydroxylation is 1. The Morgan fingerprint density at radius 2 is 1.98 bits per heavy atom. The summed E-state index contributed by atoms with van der Waals surface area (Å²) in [6, 6.07) is 11.4. The SMILES string of the molecule is CC(C)C[C@@H]1C[C@H](C)/C=C\[C@H](O)[C@@H]2CC[C@H]2CN2C[C@@]3(CCCc4cc(Cl)ccc43)COc3ccc(cc32)C(=O)NS1(=O)=O. The van der Waals surface area contributed by atoms with Crippen LogP contribution in [0.15, 0.2) is 48.6 Å². The van der Waals surface area contributed by atoms with E-state index in [0.29, 0.717) is 43.9 Å². The Hall–Kier alpha value is -2.55. The molecular weight excluding hydrogens is 596 g/mol. The van der Waals surface area contributed by atoms with Gasteiger partial charge < -0.3 is 14.7 Å². The second kappa shape index (κ2) is 12.3. The standard InChI is InChI=1S/C35H45ClN2O5S/c1-22(2)15-28-16-23(3)6-12-32(39)29-10-7-26(29)19-38-20-35(14-4-5-24-17-27(36)9-11-30(24)35)21-43-33-13-8-25(18-31(33)38)34(40)37-44(28,41)42/h6,8-9,11-13,17-18,22-23,26,28-29,32,39H,4-5,7,10,14-16,19-21H2,1-3H3,(H,37,40)/b12-6-/t23-,26+,28-,29-,32+,35+/m1/s1. The summed E-state index contributed by atoms with van der Waals surface area (Å²) in [6.07, 6.45) is 8.97. The van der Waals surface area contributed by atoms with Crippen LogP contribution < -0.4 is 14.4 Å². The summed E-state index contributed by atoms with van der Waals surface area (Å²) < 4.78 is 36.2. The van der Waals surface area contributed by atoms with Gasteiger partial charge >= 0.3 is 0 Å². The number of nitrogens with one attached hydrogen (secondary N) is 1. The summed E-state index contributed by atoms with van der Waals surface area (Å²) in [6.45, 7) is 7.87. The number of aliphatic hydroxyl groups excluding tert-OH is 1. The molecule has 2 bridgehead atoms. The van der Waals surface area contributed by atoms with Crippen molar-refractivity contribution in [3.63, 3.8) is 0 Å². The van der Waals surface area contributed by atoms with E-state index in [0.717, 1.165) is 42.8 Å². The van der Waals surface area contributed by atoms with Gasteiger partial charge in [0.2, 0.25) is 10.0 Å². The number of ether oxygens (including phenoxy) is 1. The molecule has 2 aromatic carbocycles. The number of anilines is 1. The molecule has 0 saturated heterocycles. The van der Waals surface area contributed by atoms with Crippen molar-refractivity contribution in [3.05, 3.63) is 70.3 Å². The lowest BCUT2D eigenvalue weighted by Crippen LogP contribution is -2.49. The first-order valence-corrected chi connectivity index (χ1v) is 18.1. The number of sulfonamides is 1. The van der Waals surface area contributed by atoms with Gasteiger partial charge in [-0.05, 0) is 110 Å². The van der Waals surface area contributed by atoms with Crippen LogP contribution in [0.1, 0.15) is 80.8 Å². The molecule has 44 heavy (non-hydrogen) atoms. The number of amides is 1. The van der Waals surface area contributed by atoms with E-state index in [-0.39, 0.29) is 29.1 Å². The highest BCUT2D eigenvalue weighted by Gasteiger charge is 2.44. The minimum Gasteiger partial charge on any atom is -0.490 e. The van der Waals surface area contributed by atoms with E-state index >= 15 is 0 Å². The quantitative estimate of drug-likeness (QED) is 0.376. The fourth-order valence-corrected chi connectivity index (χ4v) is 9.83. The van der Waals surface area contributed by atoms with Gasteiger partial charge in [0.15, 0.2) is 0 Å². The molecule has 7 nitrogen and oxygen atoms in total. The first-order valence-electron chi connectivity index (χ1n) is 16.2. The molecule has 2 N–H and O–H groups in total. The molecule has 0 unspecified atom stereocenters. The first-order chi connectivity index (χ1) is 20.9. The van der Waals surface area contributed by atoms with Crippen molar-refractivity contribution >= 4 is 33.2 Å². The van der Waals surface area contributed by atoms with E-state index in [9.17, 15) is 18.3 Å². The van der Waals surface area contributed by atoms with Crippen LogP contribution in [0.4, 0.5) is 5.69 Å². The number of benzene rings is 2. The number of halogens is 1. The zero-order valence-electron chi connectivity index (χ0n) is 26.0. The number of allylic oxidation sites excluding steroid dienone is 1. The Kier molecular flexibility index (Phi) is 8.81. The number of hydrogen-bond acceptors (Lipinski definition) is 6. The lowest BCUT2D eigenvalue weighted by molar-refractivity contribution is 0.0454. The molecule has 1 amide bonds. The number of carbonyl (C=O) groups excluding carboxylic acids is 1. The Balaban J connectivity index is 1.42. The monoisotopic (exact) mass is 640 g/mol. The van der Waals surface area contributed by atoms with Crippen molar-refractivity contribution in [1.29, 1.82) is 0 Å². The van der Waals surface area contributed by atoms with Gasteiger partial charge in [0.05, 0.1) is 23.6 Å². The molecule has 238 valence electrons. The van der Waals surface area contributed by atoms with Gasteiger partial charge in [-0.1, -0.05) is 50.6 Å². The van der Waals surface area contributed by atoms with Gasteiger partial charge in [0, 0.05) is 29.1 Å². The maximum atomic E-state index is 13.6. The molecule has 2 aromatic rings. The predicted molar refractivity (Wildman–Crippen MR) is 175 cm³/mol. The van der Waals surface area contributed by atoms with Crippen LogP contribution in [-0.4, -0.2) is 50.5 Å². The number of nitrogens with zero attached hydrogens (tertiary/aromatic N) is 1. The molecule has 1 spiro atoms. The van der Waals surface area contributed by atoms with Gasteiger partial charge in [0.1, 0.15) is 5.75 Å². The third-order valence-electron chi connectivity index (χ3n) is 10.3. The van der Waals surface area contributed by atoms with Crippen molar-refractivity contribution in [2.45, 2.75) is 82.5 Å². The van der Waals surface area contributed by atoms with E-state index in [1.807, 2.05) is 39.0 Å². The fourth-order valence-electron chi connectivity index (χ4n) is 7.90. The zero-order chi connectivity index (χ0) is 31.2. The number of carbonyl (C=O) groups is 1. The highest BCUT2D eigenvalue weighted by Crippen LogP contribution is 2.46. The molecule has 4 aliphatic rings. The lowest BCUT2D eigenvalue weighted by atomic mass is 9.68. The van der Waals surface area contributed by atoms with Crippen molar-refractivity contribution in [2.75, 3.05) is 24.6 Å². The molecule has 1 fully saturated rings. The highest BCUT2D eigenvalue weighted by molar-refractivity contribution is 7.90. The average Bonchev–Trinajstić information content (AvgIpc) is 3.10. The summed E-state index contributed by atoms with van der Waals surface area (Å²) in [5.74, 6) is 0.535. The van der Waals surface area contributed by atoms with Crippen LogP contribution in [0.3, 0.4) is 0 Å². The summed E-state index contributed by atoms with van der Waals surface area (Å²) in [5.41, 5.74) is 3.34.